The zero-order chi connectivity index (χ0) is 45.6. The van der Waals surface area contributed by atoms with Gasteiger partial charge in [0.1, 0.15) is 62.3 Å². The van der Waals surface area contributed by atoms with Gasteiger partial charge < -0.3 is 53.6 Å². The van der Waals surface area contributed by atoms with Crippen LogP contribution in [0.3, 0.4) is 0 Å². The normalized spacial score (nSPS) is 12.4. The van der Waals surface area contributed by atoms with Crippen LogP contribution >= 0.6 is 22.8 Å². The summed E-state index contributed by atoms with van der Waals surface area (Å²) in [6.45, 7) is 1.77. The van der Waals surface area contributed by atoms with Crippen molar-refractivity contribution in [1.82, 2.24) is 0 Å². The molecule has 0 bridgehead atoms. The van der Waals surface area contributed by atoms with E-state index in [0.29, 0.717) is 4.90 Å². The topological polar surface area (TPSA) is 333 Å². The summed E-state index contributed by atoms with van der Waals surface area (Å²) in [7, 11) is -6.78. The molecule has 0 unspecified atom stereocenters. The minimum atomic E-state index is -4.82. The van der Waals surface area contributed by atoms with Crippen LogP contribution < -0.4 is 24.7 Å². The van der Waals surface area contributed by atoms with Crippen LogP contribution in [0.5, 0.6) is 28.7 Å². The van der Waals surface area contributed by atoms with Crippen molar-refractivity contribution in [3.05, 3.63) is 96.6 Å². The van der Waals surface area contributed by atoms with E-state index in [1.807, 2.05) is 0 Å². The van der Waals surface area contributed by atoms with Crippen molar-refractivity contribution >= 4 is 95.2 Å². The summed E-state index contributed by atoms with van der Waals surface area (Å²) in [5.74, 6) is -2.19. The molecule has 0 spiro atoms. The maximum atomic E-state index is 12.2. The Balaban J connectivity index is 1.37. The fraction of sp³-hybridized carbons (Fsp3) is 0.103. The molecule has 0 aromatic heterocycles. The molecule has 0 radical (unpaired) electrons. The van der Waals surface area contributed by atoms with Crippen molar-refractivity contribution in [2.75, 3.05) is 31.3 Å². The first-order chi connectivity index (χ1) is 29.9. The first kappa shape index (κ1) is 45.5. The summed E-state index contributed by atoms with van der Waals surface area (Å²) in [6.07, 6.45) is 0. The summed E-state index contributed by atoms with van der Waals surface area (Å²) in [4.78, 5) is 10.8. The number of fused-ring (bicyclic) bond motifs is 1. The molecule has 21 nitrogen and oxygen atoms in total. The van der Waals surface area contributed by atoms with Crippen LogP contribution in [0.1, 0.15) is 17.3 Å². The Hall–Kier alpha value is -7.06. The number of rotatable bonds is 16. The van der Waals surface area contributed by atoms with Crippen LogP contribution in [0.15, 0.2) is 136 Å². The molecule has 0 aliphatic heterocycles. The van der Waals surface area contributed by atoms with Crippen molar-refractivity contribution < 1.29 is 61.0 Å². The van der Waals surface area contributed by atoms with Crippen LogP contribution in [-0.4, -0.2) is 68.7 Å². The number of nitrogens with two attached hydrogens (primary N) is 1. The molecule has 6 rings (SSSR count). The first-order valence-electron chi connectivity index (χ1n) is 17.9. The molecular formula is C39H36N8O13S3. The molecule has 6 aromatic carbocycles. The molecule has 328 valence electrons. The van der Waals surface area contributed by atoms with Gasteiger partial charge in [-0.25, -0.2) is 4.79 Å². The minimum Gasteiger partial charge on any atom is -0.506 e. The number of benzene rings is 6. The van der Waals surface area contributed by atoms with Gasteiger partial charge in [-0.1, -0.05) is 18.2 Å². The molecule has 0 aliphatic carbocycles. The number of phenolic OH excluding ortho intramolecular Hbond substituents is 2. The van der Waals surface area contributed by atoms with E-state index < -0.39 is 53.9 Å². The third kappa shape index (κ3) is 10.5. The number of carbonyl (C=O) groups is 1. The molecule has 63 heavy (non-hydrogen) atoms. The van der Waals surface area contributed by atoms with Gasteiger partial charge in [0.15, 0.2) is 5.75 Å². The fourth-order valence-electron chi connectivity index (χ4n) is 5.71. The predicted molar refractivity (Wildman–Crippen MR) is 234 cm³/mol. The van der Waals surface area contributed by atoms with Gasteiger partial charge in [0.2, 0.25) is 0 Å². The summed E-state index contributed by atoms with van der Waals surface area (Å²) in [5.41, 5.74) is 5.17. The Morgan fingerprint density at radius 1 is 0.746 bits per heavy atom. The number of azo groups is 3. The number of nitrogen functional groups attached to an aromatic ring is 1. The third-order valence-electron chi connectivity index (χ3n) is 8.64. The number of nitrogens with one attached hydrogen (secondary N) is 1. The lowest BCUT2D eigenvalue weighted by Crippen LogP contribution is -2.02. The summed E-state index contributed by atoms with van der Waals surface area (Å²) in [6, 6.07) is 21.1. The van der Waals surface area contributed by atoms with Gasteiger partial charge in [0, 0.05) is 34.8 Å². The Morgan fingerprint density at radius 2 is 1.35 bits per heavy atom. The van der Waals surface area contributed by atoms with Crippen LogP contribution in [0.2, 0.25) is 0 Å². The molecule has 0 amide bonds. The average Bonchev–Trinajstić information content (AvgIpc) is 3.24. The van der Waals surface area contributed by atoms with Crippen molar-refractivity contribution in [3.63, 3.8) is 0 Å². The predicted octanol–water partition coefficient (Wildman–Crippen LogP) is 11.1. The van der Waals surface area contributed by atoms with Crippen molar-refractivity contribution in [1.29, 1.82) is 0 Å². The second-order valence-corrected chi connectivity index (χ2v) is 16.5. The molecule has 0 heterocycles. The lowest BCUT2D eigenvalue weighted by Gasteiger charge is -2.23. The number of anilines is 2. The minimum absolute atomic E-state index is 0.00396. The molecule has 24 heteroatoms. The number of carboxylic acid groups (broad SMARTS) is 1. The van der Waals surface area contributed by atoms with Crippen LogP contribution in [0.25, 0.3) is 10.8 Å². The second-order valence-electron chi connectivity index (χ2n) is 12.8. The van der Waals surface area contributed by atoms with Gasteiger partial charge in [0.05, 0.1) is 52.9 Å². The smallest absolute Gasteiger partial charge is 0.337 e. The summed E-state index contributed by atoms with van der Waals surface area (Å²) >= 11 is 1.02. The van der Waals surface area contributed by atoms with E-state index in [9.17, 15) is 46.7 Å². The maximum Gasteiger partial charge on any atom is 0.337 e. The number of hydrogen-bond donors (Lipinski definition) is 9. The largest absolute Gasteiger partial charge is 0.506 e. The number of nitrogens with zero attached hydrogens (tertiary/aromatic N) is 6. The van der Waals surface area contributed by atoms with E-state index >= 15 is 0 Å². The highest BCUT2D eigenvalue weighted by molar-refractivity contribution is 8.19. The molecular weight excluding hydrogens is 885 g/mol. The molecule has 10 N–H and O–H groups in total. The van der Waals surface area contributed by atoms with Crippen molar-refractivity contribution in [3.8, 4) is 28.7 Å². The van der Waals surface area contributed by atoms with Crippen LogP contribution in [0, 0.1) is 0 Å². The number of hydrogen-bond acceptors (Lipinski definition) is 20. The van der Waals surface area contributed by atoms with Gasteiger partial charge in [-0.3, -0.25) is 4.55 Å². The Labute approximate surface area is 363 Å². The van der Waals surface area contributed by atoms with E-state index in [-0.39, 0.29) is 80.0 Å². The average molecular weight is 921 g/mol. The molecule has 0 saturated heterocycles. The fourth-order valence-corrected chi connectivity index (χ4v) is 7.62. The highest BCUT2D eigenvalue weighted by atomic mass is 32.3. The third-order valence-corrected chi connectivity index (χ3v) is 11.2. The highest BCUT2D eigenvalue weighted by Crippen LogP contribution is 2.56. The SMILES string of the molecule is CCOc1cc(N=Nc2c(S(O)(O)O)cc3cc(S(=O)(=O)O)cc(NSc4ccccc4)c3c2O)c(O)cc1N=Nc1cc(OC)c(N=Nc2ccc(N)c(C(=O)O)c2)cc1OC. The number of carboxylic acids is 1. The highest BCUT2D eigenvalue weighted by Gasteiger charge is 2.28. The molecule has 6 aromatic rings. The first-order valence-corrected chi connectivity index (χ1v) is 21.6. The molecule has 0 atom stereocenters. The quantitative estimate of drug-likeness (QED) is 0.0188. The maximum absolute atomic E-state index is 12.2. The number of ether oxygens (including phenoxy) is 3. The van der Waals surface area contributed by atoms with E-state index in [0.717, 1.165) is 36.2 Å². The van der Waals surface area contributed by atoms with Gasteiger partial charge in [-0.2, -0.15) is 13.5 Å². The standard InChI is InChI=1S/C39H36N8O13S3/c1-4-60-34-17-26(31(48)16-27(34)44-45-29-19-32(58-2)28(18-33(29)59-3)43-41-21-10-11-25(40)24(14-21)39(50)51)42-46-37-35(63(55,56)57)13-20-12-23(62(52,53)54)15-30(36(20)38(37)49)47-61-22-8-6-5-7-9-22/h5-19,47-49,55-57H,4,40H2,1-3H3,(H,50,51)(H,52,53,54). The monoisotopic (exact) mass is 920 g/mol. The lowest BCUT2D eigenvalue weighted by atomic mass is 10.1. The van der Waals surface area contributed by atoms with Gasteiger partial charge in [-0.05, 0) is 72.8 Å². The zero-order valence-electron chi connectivity index (χ0n) is 32.9. The zero-order valence-corrected chi connectivity index (χ0v) is 35.4. The number of aromatic hydroxyl groups is 2. The Kier molecular flexibility index (Phi) is 13.6. The van der Waals surface area contributed by atoms with E-state index in [1.165, 1.54) is 50.6 Å². The number of phenols is 2. The van der Waals surface area contributed by atoms with Crippen molar-refractivity contribution in [2.24, 2.45) is 30.7 Å². The van der Waals surface area contributed by atoms with Gasteiger partial charge in [-0.15, -0.1) is 25.6 Å². The van der Waals surface area contributed by atoms with E-state index in [4.69, 9.17) is 19.9 Å². The lowest BCUT2D eigenvalue weighted by molar-refractivity contribution is 0.0698. The van der Waals surface area contributed by atoms with Crippen LogP contribution in [0.4, 0.5) is 45.5 Å². The Bertz CT molecular complexity index is 2930. The number of methoxy groups -OCH3 is 2. The summed E-state index contributed by atoms with van der Waals surface area (Å²) in [5, 5.41) is 56.5. The van der Waals surface area contributed by atoms with Gasteiger partial charge >= 0.3 is 5.97 Å². The van der Waals surface area contributed by atoms with Gasteiger partial charge in [0.25, 0.3) is 10.1 Å². The van der Waals surface area contributed by atoms with E-state index in [1.54, 1.807) is 37.3 Å². The molecule has 0 fully saturated rings. The second kappa shape index (κ2) is 18.9. The number of aromatic carboxylic acids is 1. The van der Waals surface area contributed by atoms with Crippen LogP contribution in [-0.2, 0) is 10.1 Å². The summed E-state index contributed by atoms with van der Waals surface area (Å²) < 4.78 is 85.1. The molecule has 0 aliphatic rings. The van der Waals surface area contributed by atoms with E-state index in [2.05, 4.69) is 35.4 Å². The Morgan fingerprint density at radius 3 is 1.94 bits per heavy atom. The van der Waals surface area contributed by atoms with Crippen molar-refractivity contribution in [2.45, 2.75) is 21.6 Å². The molecule has 0 saturated carbocycles.